The number of rotatable bonds is 6. The van der Waals surface area contributed by atoms with Gasteiger partial charge in [0.15, 0.2) is 0 Å². The van der Waals surface area contributed by atoms with Crippen LogP contribution in [-0.4, -0.2) is 32.7 Å². The van der Waals surface area contributed by atoms with Crippen LogP contribution in [0.5, 0.6) is 0 Å². The number of benzene rings is 1. The lowest BCUT2D eigenvalue weighted by Gasteiger charge is -2.34. The molecule has 0 unspecified atom stereocenters. The molecule has 1 N–H and O–H groups in total. The number of amides is 1. The highest BCUT2D eigenvalue weighted by Crippen LogP contribution is 2.30. The molecule has 0 radical (unpaired) electrons. The number of hydrogen-bond donors (Lipinski definition) is 1. The topological polar surface area (TPSA) is 66.5 Å². The lowest BCUT2D eigenvalue weighted by molar-refractivity contribution is -0.121. The van der Waals surface area contributed by atoms with Crippen molar-refractivity contribution in [1.82, 2.24) is 5.32 Å². The zero-order chi connectivity index (χ0) is 19.6. The number of nitrogens with zero attached hydrogens (tertiary/aromatic N) is 1. The van der Waals surface area contributed by atoms with Crippen LogP contribution in [0.1, 0.15) is 41.0 Å². The molecule has 0 fully saturated rings. The van der Waals surface area contributed by atoms with E-state index in [1.165, 1.54) is 18.2 Å². The van der Waals surface area contributed by atoms with E-state index in [0.29, 0.717) is 5.02 Å². The lowest BCUT2D eigenvalue weighted by atomic mass is 9.82. The molecule has 8 heteroatoms. The predicted octanol–water partition coefficient (Wildman–Crippen LogP) is 4.09. The second-order valence-electron chi connectivity index (χ2n) is 8.03. The van der Waals surface area contributed by atoms with Gasteiger partial charge in [0, 0.05) is 10.6 Å². The van der Waals surface area contributed by atoms with E-state index in [2.05, 4.69) is 26.1 Å². The Balaban J connectivity index is 3.03. The Morgan fingerprint density at radius 3 is 2.16 bits per heavy atom. The van der Waals surface area contributed by atoms with E-state index in [1.807, 2.05) is 13.8 Å². The van der Waals surface area contributed by atoms with Crippen LogP contribution in [0.25, 0.3) is 0 Å². The van der Waals surface area contributed by atoms with Gasteiger partial charge in [-0.2, -0.15) is 0 Å². The fourth-order valence-corrected chi connectivity index (χ4v) is 4.41. The molecular weight excluding hydrogens is 383 g/mol. The van der Waals surface area contributed by atoms with Crippen LogP contribution in [0.4, 0.5) is 5.69 Å². The van der Waals surface area contributed by atoms with Crippen molar-refractivity contribution in [1.29, 1.82) is 0 Å². The van der Waals surface area contributed by atoms with Gasteiger partial charge in [-0.15, -0.1) is 0 Å². The summed E-state index contributed by atoms with van der Waals surface area (Å²) < 4.78 is 25.3. The summed E-state index contributed by atoms with van der Waals surface area (Å²) in [5.41, 5.74) is -0.230. The molecule has 0 bridgehead atoms. The maximum atomic E-state index is 12.5. The zero-order valence-electron chi connectivity index (χ0n) is 15.5. The summed E-state index contributed by atoms with van der Waals surface area (Å²) in [6.07, 6.45) is 1.78. The van der Waals surface area contributed by atoms with Gasteiger partial charge in [-0.1, -0.05) is 44.0 Å². The van der Waals surface area contributed by atoms with Crippen LogP contribution in [-0.2, 0) is 14.8 Å². The van der Waals surface area contributed by atoms with Crippen molar-refractivity contribution in [2.75, 3.05) is 17.1 Å². The summed E-state index contributed by atoms with van der Waals surface area (Å²) in [6, 6.07) is 4.46. The Bertz CT molecular complexity index is 741. The van der Waals surface area contributed by atoms with Crippen molar-refractivity contribution in [3.05, 3.63) is 28.2 Å². The summed E-state index contributed by atoms with van der Waals surface area (Å²) >= 11 is 12.0. The molecular formula is C17H26Cl2N2O3S. The number of nitrogens with one attached hydrogen (secondary N) is 1. The average molecular weight is 409 g/mol. The number of carbonyl (C=O) groups excluding carboxylic acids is 1. The first-order valence-electron chi connectivity index (χ1n) is 7.84. The van der Waals surface area contributed by atoms with Crippen LogP contribution in [0, 0.1) is 5.41 Å². The van der Waals surface area contributed by atoms with Crippen LogP contribution in [0.15, 0.2) is 18.2 Å². The molecule has 0 atom stereocenters. The summed E-state index contributed by atoms with van der Waals surface area (Å²) in [4.78, 5) is 12.5. The highest BCUT2D eigenvalue weighted by molar-refractivity contribution is 7.92. The highest BCUT2D eigenvalue weighted by atomic mass is 35.5. The van der Waals surface area contributed by atoms with E-state index in [4.69, 9.17) is 23.2 Å². The first kappa shape index (κ1) is 22.1. The smallest absolute Gasteiger partial charge is 0.241 e. The predicted molar refractivity (Wildman–Crippen MR) is 105 cm³/mol. The minimum absolute atomic E-state index is 0.0206. The van der Waals surface area contributed by atoms with Gasteiger partial charge in [0.25, 0.3) is 0 Å². The van der Waals surface area contributed by atoms with Crippen molar-refractivity contribution >= 4 is 44.8 Å². The molecule has 0 heterocycles. The summed E-state index contributed by atoms with van der Waals surface area (Å²) in [5.74, 6) is -0.398. The van der Waals surface area contributed by atoms with Gasteiger partial charge < -0.3 is 5.32 Å². The second kappa shape index (κ2) is 7.72. The quantitative estimate of drug-likeness (QED) is 0.770. The van der Waals surface area contributed by atoms with Crippen molar-refractivity contribution in [3.63, 3.8) is 0 Å². The molecule has 0 spiro atoms. The molecule has 0 aliphatic heterocycles. The third-order valence-corrected chi connectivity index (χ3v) is 4.98. The molecule has 1 rings (SSSR count). The van der Waals surface area contributed by atoms with Gasteiger partial charge in [0.05, 0.1) is 17.0 Å². The third kappa shape index (κ3) is 7.42. The Kier molecular flexibility index (Phi) is 6.81. The molecule has 142 valence electrons. The minimum Gasteiger partial charge on any atom is -0.350 e. The Morgan fingerprint density at radius 2 is 1.72 bits per heavy atom. The van der Waals surface area contributed by atoms with Gasteiger partial charge in [0.2, 0.25) is 15.9 Å². The summed E-state index contributed by atoms with van der Waals surface area (Å²) in [6.45, 7) is 9.71. The Hall–Kier alpha value is -0.980. The van der Waals surface area contributed by atoms with Gasteiger partial charge >= 0.3 is 0 Å². The molecule has 1 aromatic rings. The molecule has 0 aliphatic rings. The number of sulfonamides is 1. The largest absolute Gasteiger partial charge is 0.350 e. The average Bonchev–Trinajstić information content (AvgIpc) is 2.31. The third-order valence-electron chi connectivity index (χ3n) is 3.32. The van der Waals surface area contributed by atoms with Crippen LogP contribution >= 0.6 is 23.2 Å². The van der Waals surface area contributed by atoms with Gasteiger partial charge in [-0.05, 0) is 43.9 Å². The monoisotopic (exact) mass is 408 g/mol. The molecule has 5 nitrogen and oxygen atoms in total. The van der Waals surface area contributed by atoms with E-state index < -0.39 is 21.5 Å². The first-order valence-corrected chi connectivity index (χ1v) is 10.4. The van der Waals surface area contributed by atoms with Gasteiger partial charge in [0.1, 0.15) is 6.54 Å². The van der Waals surface area contributed by atoms with Crippen molar-refractivity contribution in [2.24, 2.45) is 5.41 Å². The molecule has 0 aromatic heterocycles. The van der Waals surface area contributed by atoms with Gasteiger partial charge in [-0.25, -0.2) is 8.42 Å². The van der Waals surface area contributed by atoms with Crippen LogP contribution in [0.2, 0.25) is 10.0 Å². The molecule has 1 aromatic carbocycles. The molecule has 0 aliphatic carbocycles. The molecule has 0 saturated heterocycles. The number of carbonyl (C=O) groups is 1. The SMILES string of the molecule is CC(C)(C)CC(C)(C)NC(=O)CN(c1ccc(Cl)cc1Cl)S(C)(=O)=O. The van der Waals surface area contributed by atoms with Crippen LogP contribution < -0.4 is 9.62 Å². The first-order chi connectivity index (χ1) is 11.1. The maximum absolute atomic E-state index is 12.5. The van der Waals surface area contributed by atoms with Crippen LogP contribution in [0.3, 0.4) is 0 Å². The molecule has 25 heavy (non-hydrogen) atoms. The summed E-state index contributed by atoms with van der Waals surface area (Å²) in [7, 11) is -3.69. The van der Waals surface area contributed by atoms with E-state index in [-0.39, 0.29) is 22.7 Å². The highest BCUT2D eigenvalue weighted by Gasteiger charge is 2.29. The normalized spacial score (nSPS) is 12.8. The number of halogens is 2. The number of anilines is 1. The second-order valence-corrected chi connectivity index (χ2v) is 10.8. The maximum Gasteiger partial charge on any atom is 0.241 e. The lowest BCUT2D eigenvalue weighted by Crippen LogP contribution is -2.50. The van der Waals surface area contributed by atoms with E-state index in [9.17, 15) is 13.2 Å². The van der Waals surface area contributed by atoms with Crippen molar-refractivity contribution in [2.45, 2.75) is 46.6 Å². The summed E-state index contributed by atoms with van der Waals surface area (Å²) in [5, 5.41) is 3.46. The van der Waals surface area contributed by atoms with Crippen molar-refractivity contribution in [3.8, 4) is 0 Å². The minimum atomic E-state index is -3.69. The van der Waals surface area contributed by atoms with E-state index in [0.717, 1.165) is 17.0 Å². The van der Waals surface area contributed by atoms with Gasteiger partial charge in [-0.3, -0.25) is 9.10 Å². The van der Waals surface area contributed by atoms with E-state index in [1.54, 1.807) is 0 Å². The Morgan fingerprint density at radius 1 is 1.16 bits per heavy atom. The van der Waals surface area contributed by atoms with E-state index >= 15 is 0 Å². The zero-order valence-corrected chi connectivity index (χ0v) is 17.8. The van der Waals surface area contributed by atoms with Crippen molar-refractivity contribution < 1.29 is 13.2 Å². The Labute approximate surface area is 160 Å². The number of hydrogen-bond acceptors (Lipinski definition) is 3. The molecule has 1 amide bonds. The fraction of sp³-hybridized carbons (Fsp3) is 0.588. The molecule has 0 saturated carbocycles. The standard InChI is InChI=1S/C17H26Cl2N2O3S/c1-16(2,3)11-17(4,5)20-15(22)10-21(25(6,23)24)14-8-7-12(18)9-13(14)19/h7-9H,10-11H2,1-6H3,(H,20,22). The fourth-order valence-electron chi connectivity index (χ4n) is 2.98.